The molecule has 1 aromatic carbocycles. The minimum atomic E-state index is 0.179. The molecule has 0 N–H and O–H groups in total. The number of furan rings is 1. The number of ether oxygens (including phenoxy) is 1. The number of amides is 1. The first-order valence-electron chi connectivity index (χ1n) is 11.5. The molecular weight excluding hydrogens is 390 g/mol. The number of carbonyl (C=O) groups excluding carboxylic acids is 1. The van der Waals surface area contributed by atoms with E-state index in [9.17, 15) is 4.79 Å². The van der Waals surface area contributed by atoms with Gasteiger partial charge in [0.15, 0.2) is 0 Å². The topological polar surface area (TPSA) is 49.2 Å². The van der Waals surface area contributed by atoms with E-state index in [0.29, 0.717) is 5.92 Å². The molecule has 4 rings (SSSR count). The SMILES string of the molecule is CC(=O)N1CCN(Cc2ccc3c(c2)CN(CC[C@H](C)c2ccc(C)o2)CCO3)CC1. The van der Waals surface area contributed by atoms with Crippen LogP contribution >= 0.6 is 0 Å². The molecule has 1 amide bonds. The second-order valence-electron chi connectivity index (χ2n) is 8.99. The Balaban J connectivity index is 1.34. The van der Waals surface area contributed by atoms with E-state index in [0.717, 1.165) is 82.7 Å². The van der Waals surface area contributed by atoms with Crippen molar-refractivity contribution in [3.63, 3.8) is 0 Å². The Morgan fingerprint density at radius 3 is 2.58 bits per heavy atom. The zero-order valence-corrected chi connectivity index (χ0v) is 19.1. The summed E-state index contributed by atoms with van der Waals surface area (Å²) in [5, 5.41) is 0. The van der Waals surface area contributed by atoms with Crippen LogP contribution in [-0.2, 0) is 17.9 Å². The Bertz CT molecular complexity index is 886. The number of carbonyl (C=O) groups is 1. The van der Waals surface area contributed by atoms with Gasteiger partial charge in [0.2, 0.25) is 5.91 Å². The van der Waals surface area contributed by atoms with Gasteiger partial charge in [-0.15, -0.1) is 0 Å². The monoisotopic (exact) mass is 425 g/mol. The molecule has 0 unspecified atom stereocenters. The van der Waals surface area contributed by atoms with Gasteiger partial charge in [0.25, 0.3) is 0 Å². The second kappa shape index (κ2) is 9.88. The zero-order valence-electron chi connectivity index (χ0n) is 19.1. The van der Waals surface area contributed by atoms with E-state index in [1.54, 1.807) is 6.92 Å². The molecule has 1 saturated heterocycles. The Kier molecular flexibility index (Phi) is 6.98. The third kappa shape index (κ3) is 5.69. The largest absolute Gasteiger partial charge is 0.492 e. The molecule has 1 fully saturated rings. The number of piperazine rings is 1. The summed E-state index contributed by atoms with van der Waals surface area (Å²) in [5.41, 5.74) is 2.60. The normalized spacial score (nSPS) is 18.9. The van der Waals surface area contributed by atoms with Crippen molar-refractivity contribution in [3.05, 3.63) is 53.0 Å². The van der Waals surface area contributed by atoms with Crippen LogP contribution in [0, 0.1) is 6.92 Å². The van der Waals surface area contributed by atoms with Crippen molar-refractivity contribution < 1.29 is 13.9 Å². The molecule has 168 valence electrons. The number of aryl methyl sites for hydroxylation is 1. The first-order chi connectivity index (χ1) is 15.0. The van der Waals surface area contributed by atoms with Gasteiger partial charge >= 0.3 is 0 Å². The summed E-state index contributed by atoms with van der Waals surface area (Å²) in [6, 6.07) is 10.8. The maximum absolute atomic E-state index is 11.5. The minimum Gasteiger partial charge on any atom is -0.492 e. The molecule has 0 saturated carbocycles. The molecule has 2 aliphatic rings. The summed E-state index contributed by atoms with van der Waals surface area (Å²) in [6.07, 6.45) is 1.07. The average molecular weight is 426 g/mol. The molecule has 1 aromatic heterocycles. The molecule has 0 bridgehead atoms. The molecule has 0 spiro atoms. The molecule has 1 atom stereocenters. The van der Waals surface area contributed by atoms with Crippen LogP contribution in [0.4, 0.5) is 0 Å². The molecule has 2 aliphatic heterocycles. The maximum atomic E-state index is 11.5. The Morgan fingerprint density at radius 2 is 1.87 bits per heavy atom. The van der Waals surface area contributed by atoms with E-state index in [2.05, 4.69) is 41.0 Å². The predicted octanol–water partition coefficient (Wildman–Crippen LogP) is 3.64. The fraction of sp³-hybridized carbons (Fsp3) is 0.560. The highest BCUT2D eigenvalue weighted by atomic mass is 16.5. The fourth-order valence-corrected chi connectivity index (χ4v) is 4.51. The lowest BCUT2D eigenvalue weighted by Crippen LogP contribution is -2.47. The third-order valence-corrected chi connectivity index (χ3v) is 6.53. The van der Waals surface area contributed by atoms with Crippen LogP contribution in [0.15, 0.2) is 34.7 Å². The smallest absolute Gasteiger partial charge is 0.219 e. The molecule has 3 heterocycles. The summed E-state index contributed by atoms with van der Waals surface area (Å²) >= 11 is 0. The lowest BCUT2D eigenvalue weighted by atomic mass is 10.0. The average Bonchev–Trinajstić information content (AvgIpc) is 3.09. The van der Waals surface area contributed by atoms with Crippen molar-refractivity contribution in [1.82, 2.24) is 14.7 Å². The Morgan fingerprint density at radius 1 is 1.06 bits per heavy atom. The minimum absolute atomic E-state index is 0.179. The summed E-state index contributed by atoms with van der Waals surface area (Å²) in [5.74, 6) is 3.67. The summed E-state index contributed by atoms with van der Waals surface area (Å²) < 4.78 is 11.8. The van der Waals surface area contributed by atoms with Crippen LogP contribution in [-0.4, -0.2) is 66.5 Å². The molecule has 6 heteroatoms. The number of fused-ring (bicyclic) bond motifs is 1. The van der Waals surface area contributed by atoms with Crippen molar-refractivity contribution >= 4 is 5.91 Å². The van der Waals surface area contributed by atoms with Crippen LogP contribution in [0.1, 0.15) is 48.8 Å². The second-order valence-corrected chi connectivity index (χ2v) is 8.99. The molecular formula is C25H35N3O3. The van der Waals surface area contributed by atoms with E-state index in [-0.39, 0.29) is 5.91 Å². The molecule has 31 heavy (non-hydrogen) atoms. The lowest BCUT2D eigenvalue weighted by molar-refractivity contribution is -0.130. The third-order valence-electron chi connectivity index (χ3n) is 6.53. The van der Waals surface area contributed by atoms with Gasteiger partial charge in [-0.2, -0.15) is 0 Å². The number of hydrogen-bond acceptors (Lipinski definition) is 5. The lowest BCUT2D eigenvalue weighted by Gasteiger charge is -2.34. The van der Waals surface area contributed by atoms with Crippen LogP contribution in [0.5, 0.6) is 5.75 Å². The van der Waals surface area contributed by atoms with E-state index in [1.165, 1.54) is 11.1 Å². The van der Waals surface area contributed by atoms with Crippen molar-refractivity contribution in [3.8, 4) is 5.75 Å². The van der Waals surface area contributed by atoms with Gasteiger partial charge in [0, 0.05) is 64.2 Å². The maximum Gasteiger partial charge on any atom is 0.219 e. The molecule has 6 nitrogen and oxygen atoms in total. The van der Waals surface area contributed by atoms with Gasteiger partial charge < -0.3 is 14.1 Å². The molecule has 0 aliphatic carbocycles. The van der Waals surface area contributed by atoms with Gasteiger partial charge in [-0.25, -0.2) is 0 Å². The van der Waals surface area contributed by atoms with Crippen molar-refractivity contribution in [1.29, 1.82) is 0 Å². The van der Waals surface area contributed by atoms with E-state index >= 15 is 0 Å². The molecule has 2 aromatic rings. The van der Waals surface area contributed by atoms with Gasteiger partial charge in [0.1, 0.15) is 23.9 Å². The summed E-state index contributed by atoms with van der Waals surface area (Å²) in [6.45, 7) is 14.0. The van der Waals surface area contributed by atoms with Crippen molar-refractivity contribution in [2.24, 2.45) is 0 Å². The number of nitrogens with zero attached hydrogens (tertiary/aromatic N) is 3. The summed E-state index contributed by atoms with van der Waals surface area (Å²) in [4.78, 5) is 18.4. The van der Waals surface area contributed by atoms with Crippen LogP contribution < -0.4 is 4.74 Å². The standard InChI is InChI=1S/C25H35N3O3/c1-19(24-6-4-20(2)31-24)8-9-26-14-15-30-25-7-5-22(16-23(25)18-26)17-27-10-12-28(13-11-27)21(3)29/h4-7,16,19H,8-15,17-18H2,1-3H3/t19-/m0/s1. The number of benzene rings is 1. The van der Waals surface area contributed by atoms with E-state index in [4.69, 9.17) is 9.15 Å². The highest BCUT2D eigenvalue weighted by Gasteiger charge is 2.21. The number of rotatable bonds is 6. The highest BCUT2D eigenvalue weighted by molar-refractivity contribution is 5.73. The van der Waals surface area contributed by atoms with E-state index < -0.39 is 0 Å². The van der Waals surface area contributed by atoms with Crippen LogP contribution in [0.25, 0.3) is 0 Å². The fourth-order valence-electron chi connectivity index (χ4n) is 4.51. The Hall–Kier alpha value is -2.31. The van der Waals surface area contributed by atoms with Gasteiger partial charge in [0.05, 0.1) is 0 Å². The van der Waals surface area contributed by atoms with Gasteiger partial charge in [-0.1, -0.05) is 13.0 Å². The first kappa shape index (κ1) is 21.9. The highest BCUT2D eigenvalue weighted by Crippen LogP contribution is 2.27. The zero-order chi connectivity index (χ0) is 21.8. The van der Waals surface area contributed by atoms with Crippen molar-refractivity contribution in [2.75, 3.05) is 45.9 Å². The predicted molar refractivity (Wildman–Crippen MR) is 121 cm³/mol. The van der Waals surface area contributed by atoms with Crippen molar-refractivity contribution in [2.45, 2.75) is 46.2 Å². The van der Waals surface area contributed by atoms with Crippen LogP contribution in [0.3, 0.4) is 0 Å². The quantitative estimate of drug-likeness (QED) is 0.707. The first-order valence-corrected chi connectivity index (χ1v) is 11.5. The van der Waals surface area contributed by atoms with Gasteiger partial charge in [-0.05, 0) is 49.7 Å². The molecule has 0 radical (unpaired) electrons. The van der Waals surface area contributed by atoms with Gasteiger partial charge in [-0.3, -0.25) is 14.6 Å². The Labute approximate surface area is 185 Å². The van der Waals surface area contributed by atoms with Crippen LogP contribution in [0.2, 0.25) is 0 Å². The number of hydrogen-bond donors (Lipinski definition) is 0. The van der Waals surface area contributed by atoms with E-state index in [1.807, 2.05) is 17.9 Å². The summed E-state index contributed by atoms with van der Waals surface area (Å²) in [7, 11) is 0.